The Morgan fingerprint density at radius 2 is 2.09 bits per heavy atom. The molecule has 3 heteroatoms. The third-order valence-electron chi connectivity index (χ3n) is 5.51. The maximum absolute atomic E-state index is 12.1. The second kappa shape index (κ2) is 5.80. The molecule has 0 unspecified atom stereocenters. The molecule has 0 aliphatic heterocycles. The fourth-order valence-electron chi connectivity index (χ4n) is 4.11. The van der Waals surface area contributed by atoms with Crippen LogP contribution in [0.15, 0.2) is 48.7 Å². The number of nitrogens with one attached hydrogen (secondary N) is 1. The molecular weight excluding hydrogens is 284 g/mol. The van der Waals surface area contributed by atoms with Crippen LogP contribution in [0.3, 0.4) is 0 Å². The van der Waals surface area contributed by atoms with Crippen LogP contribution >= 0.6 is 0 Å². The van der Waals surface area contributed by atoms with Crippen molar-refractivity contribution in [2.75, 3.05) is 6.54 Å². The minimum absolute atomic E-state index is 0.143. The van der Waals surface area contributed by atoms with Crippen molar-refractivity contribution in [3.8, 4) is 0 Å². The predicted octanol–water partition coefficient (Wildman–Crippen LogP) is 3.03. The Morgan fingerprint density at radius 1 is 1.22 bits per heavy atom. The lowest BCUT2D eigenvalue weighted by atomic mass is 9.95. The van der Waals surface area contributed by atoms with Crippen molar-refractivity contribution in [1.82, 2.24) is 10.3 Å². The summed E-state index contributed by atoms with van der Waals surface area (Å²) in [5.41, 5.74) is 4.39. The molecule has 1 fully saturated rings. The van der Waals surface area contributed by atoms with Gasteiger partial charge in [0.15, 0.2) is 0 Å². The van der Waals surface area contributed by atoms with E-state index in [1.807, 2.05) is 18.2 Å². The molecular formula is C20H22N2O. The van der Waals surface area contributed by atoms with Gasteiger partial charge in [-0.05, 0) is 54.9 Å². The van der Waals surface area contributed by atoms with Gasteiger partial charge in [-0.25, -0.2) is 0 Å². The Labute approximate surface area is 137 Å². The molecule has 1 aromatic heterocycles. The summed E-state index contributed by atoms with van der Waals surface area (Å²) < 4.78 is 0. The van der Waals surface area contributed by atoms with Gasteiger partial charge in [0.1, 0.15) is 0 Å². The number of aromatic nitrogens is 1. The second-order valence-corrected chi connectivity index (χ2v) is 6.84. The van der Waals surface area contributed by atoms with Gasteiger partial charge in [0.2, 0.25) is 5.91 Å². The van der Waals surface area contributed by atoms with E-state index in [1.54, 1.807) is 6.20 Å². The fourth-order valence-corrected chi connectivity index (χ4v) is 4.11. The van der Waals surface area contributed by atoms with E-state index >= 15 is 0 Å². The van der Waals surface area contributed by atoms with Crippen LogP contribution in [0.25, 0.3) is 0 Å². The summed E-state index contributed by atoms with van der Waals surface area (Å²) in [6.07, 6.45) is 6.68. The van der Waals surface area contributed by atoms with Crippen LogP contribution in [-0.2, 0) is 23.1 Å². The van der Waals surface area contributed by atoms with Gasteiger partial charge in [0.05, 0.1) is 0 Å². The zero-order valence-electron chi connectivity index (χ0n) is 13.3. The molecule has 2 aromatic rings. The predicted molar refractivity (Wildman–Crippen MR) is 90.1 cm³/mol. The van der Waals surface area contributed by atoms with E-state index in [4.69, 9.17) is 0 Å². The molecule has 118 valence electrons. The highest BCUT2D eigenvalue weighted by atomic mass is 16.1. The Morgan fingerprint density at radius 3 is 2.96 bits per heavy atom. The lowest BCUT2D eigenvalue weighted by Crippen LogP contribution is -2.27. The highest BCUT2D eigenvalue weighted by Gasteiger charge is 2.57. The van der Waals surface area contributed by atoms with Crippen LogP contribution in [0.2, 0.25) is 0 Å². The molecule has 0 saturated heterocycles. The minimum atomic E-state index is 0.143. The van der Waals surface area contributed by atoms with Crippen LogP contribution < -0.4 is 5.32 Å². The summed E-state index contributed by atoms with van der Waals surface area (Å²) >= 11 is 0. The zero-order valence-corrected chi connectivity index (χ0v) is 13.3. The van der Waals surface area contributed by atoms with E-state index in [2.05, 4.69) is 34.6 Å². The van der Waals surface area contributed by atoms with Crippen LogP contribution in [0.5, 0.6) is 0 Å². The minimum Gasteiger partial charge on any atom is -0.356 e. The van der Waals surface area contributed by atoms with Gasteiger partial charge in [-0.3, -0.25) is 9.78 Å². The molecule has 2 aliphatic carbocycles. The number of aryl methyl sites for hydroxylation is 2. The molecule has 4 rings (SSSR count). The number of benzene rings is 1. The highest BCUT2D eigenvalue weighted by Crippen LogP contribution is 2.61. The number of hydrogen-bond donors (Lipinski definition) is 1. The SMILES string of the molecule is O=C(CCc1ccccn1)NC[C@@H]1C[C@]12CCc1ccccc12. The number of pyridine rings is 1. The zero-order chi connectivity index (χ0) is 15.7. The lowest BCUT2D eigenvalue weighted by molar-refractivity contribution is -0.121. The average molecular weight is 306 g/mol. The molecule has 1 aromatic carbocycles. The summed E-state index contributed by atoms with van der Waals surface area (Å²) in [7, 11) is 0. The first-order valence-corrected chi connectivity index (χ1v) is 8.53. The maximum Gasteiger partial charge on any atom is 0.220 e. The number of hydrogen-bond acceptors (Lipinski definition) is 2. The third-order valence-corrected chi connectivity index (χ3v) is 5.51. The molecule has 3 nitrogen and oxygen atoms in total. The summed E-state index contributed by atoms with van der Waals surface area (Å²) in [4.78, 5) is 16.3. The molecule has 1 saturated carbocycles. The lowest BCUT2D eigenvalue weighted by Gasteiger charge is -2.12. The van der Waals surface area contributed by atoms with Crippen molar-refractivity contribution >= 4 is 5.91 Å². The quantitative estimate of drug-likeness (QED) is 0.922. The van der Waals surface area contributed by atoms with E-state index in [0.717, 1.165) is 12.2 Å². The maximum atomic E-state index is 12.1. The normalized spacial score (nSPS) is 24.4. The number of carbonyl (C=O) groups is 1. The van der Waals surface area contributed by atoms with Crippen molar-refractivity contribution < 1.29 is 4.79 Å². The van der Waals surface area contributed by atoms with Crippen LogP contribution in [-0.4, -0.2) is 17.4 Å². The van der Waals surface area contributed by atoms with Gasteiger partial charge in [-0.15, -0.1) is 0 Å². The molecule has 1 N–H and O–H groups in total. The molecule has 1 amide bonds. The number of rotatable bonds is 5. The van der Waals surface area contributed by atoms with E-state index in [1.165, 1.54) is 30.4 Å². The van der Waals surface area contributed by atoms with Gasteiger partial charge in [0.25, 0.3) is 0 Å². The Hall–Kier alpha value is -2.16. The number of fused-ring (bicyclic) bond motifs is 2. The Kier molecular flexibility index (Phi) is 3.64. The largest absolute Gasteiger partial charge is 0.356 e. The van der Waals surface area contributed by atoms with Gasteiger partial charge in [-0.1, -0.05) is 30.3 Å². The number of carbonyl (C=O) groups excluding carboxylic acids is 1. The summed E-state index contributed by atoms with van der Waals surface area (Å²) in [6, 6.07) is 14.7. The molecule has 1 spiro atoms. The number of nitrogens with zero attached hydrogens (tertiary/aromatic N) is 1. The Bertz CT molecular complexity index is 713. The van der Waals surface area contributed by atoms with E-state index in [-0.39, 0.29) is 5.91 Å². The smallest absolute Gasteiger partial charge is 0.220 e. The van der Waals surface area contributed by atoms with E-state index < -0.39 is 0 Å². The fraction of sp³-hybridized carbons (Fsp3) is 0.400. The molecule has 2 atom stereocenters. The third kappa shape index (κ3) is 2.76. The number of amides is 1. The Balaban J connectivity index is 1.28. The van der Waals surface area contributed by atoms with Crippen LogP contribution in [0, 0.1) is 5.92 Å². The monoisotopic (exact) mass is 306 g/mol. The summed E-state index contributed by atoms with van der Waals surface area (Å²) in [6.45, 7) is 0.815. The average Bonchev–Trinajstić information content (AvgIpc) is 3.19. The van der Waals surface area contributed by atoms with Gasteiger partial charge >= 0.3 is 0 Å². The van der Waals surface area contributed by atoms with Crippen molar-refractivity contribution in [2.45, 2.75) is 37.5 Å². The molecule has 0 radical (unpaired) electrons. The van der Waals surface area contributed by atoms with Gasteiger partial charge < -0.3 is 5.32 Å². The summed E-state index contributed by atoms with van der Waals surface area (Å²) in [5.74, 6) is 0.758. The second-order valence-electron chi connectivity index (χ2n) is 6.84. The topological polar surface area (TPSA) is 42.0 Å². The van der Waals surface area contributed by atoms with E-state index in [9.17, 15) is 4.79 Å². The van der Waals surface area contributed by atoms with Crippen LogP contribution in [0.4, 0.5) is 0 Å². The van der Waals surface area contributed by atoms with Crippen molar-refractivity contribution in [2.24, 2.45) is 5.92 Å². The van der Waals surface area contributed by atoms with Crippen LogP contribution in [0.1, 0.15) is 36.1 Å². The van der Waals surface area contributed by atoms with Crippen molar-refractivity contribution in [1.29, 1.82) is 0 Å². The standard InChI is InChI=1S/C20H22N2O/c23-19(9-8-17-6-3-4-12-21-17)22-14-16-13-20(16)11-10-15-5-1-2-7-18(15)20/h1-7,12,16H,8-11,13-14H2,(H,22,23)/t16-,20+/m0/s1. The van der Waals surface area contributed by atoms with Gasteiger partial charge in [0, 0.05) is 30.3 Å². The molecule has 2 aliphatic rings. The van der Waals surface area contributed by atoms with Gasteiger partial charge in [-0.2, -0.15) is 0 Å². The molecule has 23 heavy (non-hydrogen) atoms. The summed E-state index contributed by atoms with van der Waals surface area (Å²) in [5, 5.41) is 3.13. The first kappa shape index (κ1) is 14.4. The first-order valence-electron chi connectivity index (χ1n) is 8.53. The van der Waals surface area contributed by atoms with Crippen molar-refractivity contribution in [3.63, 3.8) is 0 Å². The first-order chi connectivity index (χ1) is 11.3. The molecule has 1 heterocycles. The highest BCUT2D eigenvalue weighted by molar-refractivity contribution is 5.76. The molecule has 0 bridgehead atoms. The van der Waals surface area contributed by atoms with Crippen molar-refractivity contribution in [3.05, 3.63) is 65.5 Å². The van der Waals surface area contributed by atoms with E-state index in [0.29, 0.717) is 24.2 Å².